The standard InChI is InChI=1S/C10H13F2N3O2/c1-2-17-10(16)6-5-8-13-4-3-7(9(11)12)15(8)14-6/h5,7,9,13H,2-4H2,1H3. The van der Waals surface area contributed by atoms with Crippen LogP contribution in [0, 0.1) is 0 Å². The Balaban J connectivity index is 2.27. The predicted octanol–water partition coefficient (Wildman–Crippen LogP) is 1.68. The summed E-state index contributed by atoms with van der Waals surface area (Å²) in [5, 5.41) is 6.80. The van der Waals surface area contributed by atoms with Crippen molar-refractivity contribution < 1.29 is 18.3 Å². The largest absolute Gasteiger partial charge is 0.461 e. The lowest BCUT2D eigenvalue weighted by molar-refractivity contribution is 0.0507. The van der Waals surface area contributed by atoms with Gasteiger partial charge in [-0.25, -0.2) is 18.3 Å². The van der Waals surface area contributed by atoms with Crippen LogP contribution < -0.4 is 5.32 Å². The average molecular weight is 245 g/mol. The summed E-state index contributed by atoms with van der Waals surface area (Å²) < 4.78 is 31.4. The third kappa shape index (κ3) is 2.22. The second-order valence-corrected chi connectivity index (χ2v) is 3.70. The zero-order valence-electron chi connectivity index (χ0n) is 9.32. The van der Waals surface area contributed by atoms with Gasteiger partial charge >= 0.3 is 5.97 Å². The van der Waals surface area contributed by atoms with E-state index in [1.807, 2.05) is 0 Å². The SMILES string of the molecule is CCOC(=O)c1cc2n(n1)C(C(F)F)CCN2. The van der Waals surface area contributed by atoms with Gasteiger partial charge in [-0.15, -0.1) is 0 Å². The Kier molecular flexibility index (Phi) is 3.26. The number of rotatable bonds is 3. The van der Waals surface area contributed by atoms with Crippen LogP contribution in [-0.2, 0) is 4.74 Å². The first-order chi connectivity index (χ1) is 8.13. The molecule has 2 heterocycles. The lowest BCUT2D eigenvalue weighted by Crippen LogP contribution is -2.28. The number of hydrogen-bond acceptors (Lipinski definition) is 4. The summed E-state index contributed by atoms with van der Waals surface area (Å²) in [6.07, 6.45) is -2.21. The van der Waals surface area contributed by atoms with Crippen molar-refractivity contribution in [1.29, 1.82) is 0 Å². The summed E-state index contributed by atoms with van der Waals surface area (Å²) in [7, 11) is 0. The fraction of sp³-hybridized carbons (Fsp3) is 0.600. The van der Waals surface area contributed by atoms with Gasteiger partial charge in [-0.3, -0.25) is 0 Å². The maximum atomic E-state index is 12.8. The van der Waals surface area contributed by atoms with E-state index in [1.54, 1.807) is 6.92 Å². The van der Waals surface area contributed by atoms with Crippen molar-refractivity contribution in [2.45, 2.75) is 25.8 Å². The molecule has 7 heteroatoms. The Labute approximate surface area is 96.7 Å². The first kappa shape index (κ1) is 11.8. The molecule has 1 atom stereocenters. The number of alkyl halides is 2. The quantitative estimate of drug-likeness (QED) is 0.823. The summed E-state index contributed by atoms with van der Waals surface area (Å²) in [6.45, 7) is 2.35. The summed E-state index contributed by atoms with van der Waals surface area (Å²) in [4.78, 5) is 11.4. The number of nitrogens with one attached hydrogen (secondary N) is 1. The van der Waals surface area contributed by atoms with Crippen molar-refractivity contribution in [1.82, 2.24) is 9.78 Å². The van der Waals surface area contributed by atoms with Crippen molar-refractivity contribution in [3.8, 4) is 0 Å². The van der Waals surface area contributed by atoms with Gasteiger partial charge < -0.3 is 10.1 Å². The van der Waals surface area contributed by atoms with Gasteiger partial charge in [-0.2, -0.15) is 5.10 Å². The number of carbonyl (C=O) groups excluding carboxylic acids is 1. The van der Waals surface area contributed by atoms with Crippen LogP contribution in [-0.4, -0.2) is 35.3 Å². The smallest absolute Gasteiger partial charge is 0.358 e. The van der Waals surface area contributed by atoms with Gasteiger partial charge in [-0.1, -0.05) is 0 Å². The Hall–Kier alpha value is -1.66. The third-order valence-electron chi connectivity index (χ3n) is 2.57. The Morgan fingerprint density at radius 2 is 2.53 bits per heavy atom. The van der Waals surface area contributed by atoms with Crippen LogP contribution in [0.25, 0.3) is 0 Å². The normalized spacial score (nSPS) is 18.7. The monoisotopic (exact) mass is 245 g/mol. The number of halogens is 2. The molecule has 1 aromatic rings. The highest BCUT2D eigenvalue weighted by atomic mass is 19.3. The van der Waals surface area contributed by atoms with Crippen molar-refractivity contribution in [2.24, 2.45) is 0 Å². The molecule has 0 spiro atoms. The molecule has 0 saturated heterocycles. The third-order valence-corrected chi connectivity index (χ3v) is 2.57. The number of carbonyl (C=O) groups is 1. The topological polar surface area (TPSA) is 56.2 Å². The molecule has 0 aliphatic carbocycles. The van der Waals surface area contributed by atoms with Crippen LogP contribution in [0.15, 0.2) is 6.07 Å². The number of ether oxygens (including phenoxy) is 1. The number of esters is 1. The summed E-state index contributed by atoms with van der Waals surface area (Å²) >= 11 is 0. The summed E-state index contributed by atoms with van der Waals surface area (Å²) in [6, 6.07) is 0.460. The average Bonchev–Trinajstić information content (AvgIpc) is 2.72. The molecule has 2 rings (SSSR count). The summed E-state index contributed by atoms with van der Waals surface area (Å²) in [5.41, 5.74) is 0.0573. The van der Waals surface area contributed by atoms with Gasteiger partial charge in [0.05, 0.1) is 6.61 Å². The molecule has 94 valence electrons. The van der Waals surface area contributed by atoms with Crippen molar-refractivity contribution in [3.05, 3.63) is 11.8 Å². The molecule has 5 nitrogen and oxygen atoms in total. The van der Waals surface area contributed by atoms with Crippen LogP contribution in [0.1, 0.15) is 29.9 Å². The number of nitrogens with zero attached hydrogens (tertiary/aromatic N) is 2. The number of hydrogen-bond donors (Lipinski definition) is 1. The van der Waals surface area contributed by atoms with Gasteiger partial charge in [0.25, 0.3) is 6.43 Å². The first-order valence-corrected chi connectivity index (χ1v) is 5.42. The molecular formula is C10H13F2N3O2. The number of fused-ring (bicyclic) bond motifs is 1. The van der Waals surface area contributed by atoms with E-state index in [1.165, 1.54) is 10.7 Å². The van der Waals surface area contributed by atoms with E-state index in [0.29, 0.717) is 12.4 Å². The molecule has 0 aromatic carbocycles. The molecule has 0 bridgehead atoms. The summed E-state index contributed by atoms with van der Waals surface area (Å²) in [5.74, 6) is -0.159. The number of aromatic nitrogens is 2. The molecule has 1 aliphatic rings. The minimum Gasteiger partial charge on any atom is -0.461 e. The molecule has 0 fully saturated rings. The Morgan fingerprint density at radius 3 is 3.18 bits per heavy atom. The van der Waals surface area contributed by atoms with Crippen molar-refractivity contribution >= 4 is 11.8 Å². The number of anilines is 1. The minimum absolute atomic E-state index is 0.0573. The lowest BCUT2D eigenvalue weighted by atomic mass is 10.2. The van der Waals surface area contributed by atoms with Crippen LogP contribution >= 0.6 is 0 Å². The Bertz CT molecular complexity index is 420. The lowest BCUT2D eigenvalue weighted by Gasteiger charge is -2.24. The van der Waals surface area contributed by atoms with Gasteiger partial charge in [0.1, 0.15) is 11.9 Å². The van der Waals surface area contributed by atoms with Crippen molar-refractivity contribution in [2.75, 3.05) is 18.5 Å². The molecule has 0 radical (unpaired) electrons. The van der Waals surface area contributed by atoms with E-state index in [2.05, 4.69) is 10.4 Å². The van der Waals surface area contributed by atoms with Gasteiger partial charge in [0.15, 0.2) is 5.69 Å². The van der Waals surface area contributed by atoms with Crippen LogP contribution in [0.4, 0.5) is 14.6 Å². The van der Waals surface area contributed by atoms with Crippen LogP contribution in [0.5, 0.6) is 0 Å². The molecule has 1 aliphatic heterocycles. The molecule has 17 heavy (non-hydrogen) atoms. The minimum atomic E-state index is -2.49. The molecule has 0 amide bonds. The van der Waals surface area contributed by atoms with E-state index in [-0.39, 0.29) is 18.7 Å². The van der Waals surface area contributed by atoms with E-state index in [9.17, 15) is 13.6 Å². The van der Waals surface area contributed by atoms with Gasteiger partial charge in [0, 0.05) is 12.6 Å². The van der Waals surface area contributed by atoms with Crippen LogP contribution in [0.2, 0.25) is 0 Å². The van der Waals surface area contributed by atoms with E-state index in [0.717, 1.165) is 0 Å². The van der Waals surface area contributed by atoms with E-state index < -0.39 is 18.4 Å². The van der Waals surface area contributed by atoms with Crippen molar-refractivity contribution in [3.63, 3.8) is 0 Å². The maximum absolute atomic E-state index is 12.8. The molecule has 1 N–H and O–H groups in total. The fourth-order valence-electron chi connectivity index (χ4n) is 1.79. The molecule has 0 saturated carbocycles. The fourth-order valence-corrected chi connectivity index (χ4v) is 1.79. The molecule has 1 aromatic heterocycles. The predicted molar refractivity (Wildman–Crippen MR) is 56.3 cm³/mol. The molecular weight excluding hydrogens is 232 g/mol. The zero-order valence-corrected chi connectivity index (χ0v) is 9.32. The van der Waals surface area contributed by atoms with E-state index in [4.69, 9.17) is 4.74 Å². The second kappa shape index (κ2) is 4.68. The van der Waals surface area contributed by atoms with Gasteiger partial charge in [-0.05, 0) is 13.3 Å². The highest BCUT2D eigenvalue weighted by Gasteiger charge is 2.30. The zero-order chi connectivity index (χ0) is 12.4. The van der Waals surface area contributed by atoms with Gasteiger partial charge in [0.2, 0.25) is 0 Å². The Morgan fingerprint density at radius 1 is 1.76 bits per heavy atom. The van der Waals surface area contributed by atoms with Crippen LogP contribution in [0.3, 0.4) is 0 Å². The highest BCUT2D eigenvalue weighted by Crippen LogP contribution is 2.28. The first-order valence-electron chi connectivity index (χ1n) is 5.42. The second-order valence-electron chi connectivity index (χ2n) is 3.70. The highest BCUT2D eigenvalue weighted by molar-refractivity contribution is 5.88. The maximum Gasteiger partial charge on any atom is 0.358 e. The molecule has 1 unspecified atom stereocenters. The van der Waals surface area contributed by atoms with E-state index >= 15 is 0 Å².